The first-order valence-corrected chi connectivity index (χ1v) is 6.62. The van der Waals surface area contributed by atoms with Gasteiger partial charge in [0.05, 0.1) is 0 Å². The molecule has 2 unspecified atom stereocenters. The highest BCUT2D eigenvalue weighted by atomic mass is 14.9. The summed E-state index contributed by atoms with van der Waals surface area (Å²) < 4.78 is 0. The Balaban J connectivity index is 1.99. The molecular weight excluding hydrogens is 194 g/mol. The quantitative estimate of drug-likeness (QED) is 0.796. The molecule has 1 heteroatoms. The van der Waals surface area contributed by atoms with Gasteiger partial charge in [-0.15, -0.1) is 0 Å². The number of hydrogen-bond acceptors (Lipinski definition) is 1. The fourth-order valence-corrected chi connectivity index (χ4v) is 2.82. The largest absolute Gasteiger partial charge is 0.317 e. The first-order valence-electron chi connectivity index (χ1n) is 6.62. The second kappa shape index (κ2) is 6.05. The van der Waals surface area contributed by atoms with E-state index >= 15 is 0 Å². The van der Waals surface area contributed by atoms with Crippen molar-refractivity contribution >= 4 is 0 Å². The molecule has 16 heavy (non-hydrogen) atoms. The second-order valence-corrected chi connectivity index (χ2v) is 4.96. The van der Waals surface area contributed by atoms with Crippen LogP contribution in [0.25, 0.3) is 0 Å². The molecule has 0 amide bonds. The van der Waals surface area contributed by atoms with Gasteiger partial charge in [0.1, 0.15) is 0 Å². The average Bonchev–Trinajstić information content (AvgIpc) is 2.30. The van der Waals surface area contributed by atoms with E-state index in [-0.39, 0.29) is 0 Å². The summed E-state index contributed by atoms with van der Waals surface area (Å²) in [5.74, 6) is 0.789. The van der Waals surface area contributed by atoms with Gasteiger partial charge in [-0.25, -0.2) is 0 Å². The van der Waals surface area contributed by atoms with Crippen molar-refractivity contribution in [2.75, 3.05) is 7.05 Å². The molecule has 0 saturated heterocycles. The van der Waals surface area contributed by atoms with E-state index in [9.17, 15) is 0 Å². The molecule has 0 aliphatic heterocycles. The lowest BCUT2D eigenvalue weighted by Gasteiger charge is -2.25. The zero-order chi connectivity index (χ0) is 11.2. The molecule has 1 fully saturated rings. The molecule has 1 aliphatic rings. The SMILES string of the molecule is CNC1CCCCC(c2ccccc2)CC1. The Kier molecular flexibility index (Phi) is 4.41. The van der Waals surface area contributed by atoms with Crippen LogP contribution in [0.1, 0.15) is 50.0 Å². The molecule has 0 radical (unpaired) electrons. The van der Waals surface area contributed by atoms with Gasteiger partial charge in [-0.1, -0.05) is 43.2 Å². The topological polar surface area (TPSA) is 12.0 Å². The molecule has 1 N–H and O–H groups in total. The molecule has 0 bridgehead atoms. The molecule has 1 aliphatic carbocycles. The van der Waals surface area contributed by atoms with E-state index in [2.05, 4.69) is 42.7 Å². The van der Waals surface area contributed by atoms with Crippen LogP contribution in [-0.4, -0.2) is 13.1 Å². The van der Waals surface area contributed by atoms with Crippen LogP contribution >= 0.6 is 0 Å². The third-order valence-corrected chi connectivity index (χ3v) is 3.90. The van der Waals surface area contributed by atoms with Crippen molar-refractivity contribution in [3.63, 3.8) is 0 Å². The standard InChI is InChI=1S/C15H23N/c1-16-15-10-6-5-9-14(11-12-15)13-7-3-2-4-8-13/h2-4,7-8,14-16H,5-6,9-12H2,1H3. The first kappa shape index (κ1) is 11.7. The van der Waals surface area contributed by atoms with Gasteiger partial charge in [-0.3, -0.25) is 0 Å². The number of rotatable bonds is 2. The third-order valence-electron chi connectivity index (χ3n) is 3.90. The molecule has 1 nitrogen and oxygen atoms in total. The van der Waals surface area contributed by atoms with E-state index < -0.39 is 0 Å². The van der Waals surface area contributed by atoms with Crippen LogP contribution in [0.2, 0.25) is 0 Å². The Morgan fingerprint density at radius 2 is 1.69 bits per heavy atom. The van der Waals surface area contributed by atoms with Gasteiger partial charge < -0.3 is 5.32 Å². The van der Waals surface area contributed by atoms with Crippen LogP contribution in [0.15, 0.2) is 30.3 Å². The molecular formula is C15H23N. The van der Waals surface area contributed by atoms with Gasteiger partial charge >= 0.3 is 0 Å². The van der Waals surface area contributed by atoms with Crippen molar-refractivity contribution in [3.05, 3.63) is 35.9 Å². The molecule has 2 atom stereocenters. The summed E-state index contributed by atoms with van der Waals surface area (Å²) in [7, 11) is 2.10. The number of benzene rings is 1. The summed E-state index contributed by atoms with van der Waals surface area (Å²) in [6.07, 6.45) is 8.18. The summed E-state index contributed by atoms with van der Waals surface area (Å²) in [6, 6.07) is 11.8. The lowest BCUT2D eigenvalue weighted by molar-refractivity contribution is 0.384. The highest BCUT2D eigenvalue weighted by Crippen LogP contribution is 2.30. The summed E-state index contributed by atoms with van der Waals surface area (Å²) in [6.45, 7) is 0. The minimum atomic E-state index is 0.742. The molecule has 88 valence electrons. The lowest BCUT2D eigenvalue weighted by atomic mass is 9.84. The van der Waals surface area contributed by atoms with E-state index in [1.54, 1.807) is 5.56 Å². The van der Waals surface area contributed by atoms with Crippen molar-refractivity contribution in [2.24, 2.45) is 0 Å². The van der Waals surface area contributed by atoms with Crippen molar-refractivity contribution in [1.82, 2.24) is 5.32 Å². The number of hydrogen-bond donors (Lipinski definition) is 1. The zero-order valence-corrected chi connectivity index (χ0v) is 10.3. The highest BCUT2D eigenvalue weighted by molar-refractivity contribution is 5.19. The lowest BCUT2D eigenvalue weighted by Crippen LogP contribution is -2.26. The van der Waals surface area contributed by atoms with Crippen molar-refractivity contribution in [2.45, 2.75) is 50.5 Å². The Morgan fingerprint density at radius 3 is 2.44 bits per heavy atom. The normalized spacial score (nSPS) is 27.1. The van der Waals surface area contributed by atoms with Crippen LogP contribution < -0.4 is 5.32 Å². The molecule has 1 aromatic rings. The molecule has 0 aromatic heterocycles. The summed E-state index contributed by atoms with van der Waals surface area (Å²) in [5, 5.41) is 3.44. The maximum atomic E-state index is 3.44. The maximum Gasteiger partial charge on any atom is 0.00642 e. The van der Waals surface area contributed by atoms with E-state index in [0.29, 0.717) is 0 Å². The molecule has 1 saturated carbocycles. The Hall–Kier alpha value is -0.820. The van der Waals surface area contributed by atoms with E-state index in [1.165, 1.54) is 38.5 Å². The van der Waals surface area contributed by atoms with Gasteiger partial charge in [0.25, 0.3) is 0 Å². The monoisotopic (exact) mass is 217 g/mol. The van der Waals surface area contributed by atoms with Crippen LogP contribution in [0, 0.1) is 0 Å². The van der Waals surface area contributed by atoms with E-state index in [0.717, 1.165) is 12.0 Å². The molecule has 0 spiro atoms. The molecule has 2 rings (SSSR count). The predicted octanol–water partition coefficient (Wildman–Crippen LogP) is 3.71. The second-order valence-electron chi connectivity index (χ2n) is 4.96. The average molecular weight is 217 g/mol. The van der Waals surface area contributed by atoms with Gasteiger partial charge in [0, 0.05) is 6.04 Å². The van der Waals surface area contributed by atoms with Crippen LogP contribution in [0.3, 0.4) is 0 Å². The summed E-state index contributed by atoms with van der Waals surface area (Å²) >= 11 is 0. The summed E-state index contributed by atoms with van der Waals surface area (Å²) in [4.78, 5) is 0. The fraction of sp³-hybridized carbons (Fsp3) is 0.600. The molecule has 0 heterocycles. The summed E-state index contributed by atoms with van der Waals surface area (Å²) in [5.41, 5.74) is 1.54. The van der Waals surface area contributed by atoms with Crippen molar-refractivity contribution < 1.29 is 0 Å². The van der Waals surface area contributed by atoms with Crippen LogP contribution in [0.5, 0.6) is 0 Å². The minimum absolute atomic E-state index is 0.742. The Morgan fingerprint density at radius 1 is 0.938 bits per heavy atom. The van der Waals surface area contributed by atoms with Crippen molar-refractivity contribution in [1.29, 1.82) is 0 Å². The van der Waals surface area contributed by atoms with E-state index in [1.807, 2.05) is 0 Å². The number of nitrogens with one attached hydrogen (secondary N) is 1. The zero-order valence-electron chi connectivity index (χ0n) is 10.3. The van der Waals surface area contributed by atoms with E-state index in [4.69, 9.17) is 0 Å². The maximum absolute atomic E-state index is 3.44. The minimum Gasteiger partial charge on any atom is -0.317 e. The predicted molar refractivity (Wildman–Crippen MR) is 69.7 cm³/mol. The van der Waals surface area contributed by atoms with Gasteiger partial charge in [0.2, 0.25) is 0 Å². The van der Waals surface area contributed by atoms with Crippen LogP contribution in [0.4, 0.5) is 0 Å². The first-order chi connectivity index (χ1) is 7.90. The Bertz CT molecular complexity index is 294. The van der Waals surface area contributed by atoms with Crippen molar-refractivity contribution in [3.8, 4) is 0 Å². The third kappa shape index (κ3) is 3.08. The van der Waals surface area contributed by atoms with Gasteiger partial charge in [-0.2, -0.15) is 0 Å². The van der Waals surface area contributed by atoms with Gasteiger partial charge in [0.15, 0.2) is 0 Å². The van der Waals surface area contributed by atoms with Crippen LogP contribution in [-0.2, 0) is 0 Å². The smallest absolute Gasteiger partial charge is 0.00642 e. The van der Waals surface area contributed by atoms with Gasteiger partial charge in [-0.05, 0) is 44.2 Å². The highest BCUT2D eigenvalue weighted by Gasteiger charge is 2.17. The molecule has 1 aromatic carbocycles. The fourth-order valence-electron chi connectivity index (χ4n) is 2.82. The Labute approximate surface area is 99.3 Å².